The number of amides is 2. The number of hydrogen-bond donors (Lipinski definition) is 1. The van der Waals surface area contributed by atoms with Gasteiger partial charge in [0.05, 0.1) is 13.2 Å². The van der Waals surface area contributed by atoms with Crippen LogP contribution in [0, 0.1) is 5.92 Å². The molecule has 2 aliphatic heterocycles. The van der Waals surface area contributed by atoms with Crippen LogP contribution >= 0.6 is 0 Å². The van der Waals surface area contributed by atoms with Crippen LogP contribution in [0.1, 0.15) is 38.2 Å². The average molecular weight is 373 g/mol. The van der Waals surface area contributed by atoms with Crippen LogP contribution in [-0.2, 0) is 20.9 Å². The van der Waals surface area contributed by atoms with Crippen molar-refractivity contribution in [2.75, 3.05) is 44.7 Å². The Hall–Kier alpha value is -1.92. The van der Waals surface area contributed by atoms with Gasteiger partial charge in [-0.05, 0) is 56.0 Å². The zero-order valence-corrected chi connectivity index (χ0v) is 16.3. The Morgan fingerprint density at radius 3 is 2.37 bits per heavy atom. The molecule has 2 saturated heterocycles. The highest BCUT2D eigenvalue weighted by Gasteiger charge is 2.22. The van der Waals surface area contributed by atoms with Gasteiger partial charge in [0.1, 0.15) is 0 Å². The average Bonchev–Trinajstić information content (AvgIpc) is 2.69. The second kappa shape index (κ2) is 9.85. The van der Waals surface area contributed by atoms with E-state index in [-0.39, 0.29) is 5.91 Å². The second-order valence-corrected chi connectivity index (χ2v) is 7.63. The van der Waals surface area contributed by atoms with Crippen LogP contribution in [0.4, 0.5) is 5.69 Å². The van der Waals surface area contributed by atoms with Crippen molar-refractivity contribution in [2.24, 2.45) is 5.92 Å². The fourth-order valence-corrected chi connectivity index (χ4v) is 3.89. The predicted molar refractivity (Wildman–Crippen MR) is 105 cm³/mol. The molecule has 2 amide bonds. The quantitative estimate of drug-likeness (QED) is 0.832. The maximum atomic E-state index is 12.3. The van der Waals surface area contributed by atoms with Gasteiger partial charge in [0, 0.05) is 38.7 Å². The number of hydrogen-bond acceptors (Lipinski definition) is 4. The zero-order chi connectivity index (χ0) is 19.1. The summed E-state index contributed by atoms with van der Waals surface area (Å²) in [6.45, 7) is 7.49. The van der Waals surface area contributed by atoms with Crippen molar-refractivity contribution in [2.45, 2.75) is 39.2 Å². The molecule has 0 bridgehead atoms. The number of carbonyl (C=O) groups is 2. The first-order chi connectivity index (χ1) is 13.1. The third kappa shape index (κ3) is 6.33. The summed E-state index contributed by atoms with van der Waals surface area (Å²) in [6, 6.07) is 8.08. The standard InChI is InChI=1S/C21H31N3O3/c1-17(25)22-20-5-2-19(3-6-20)16-23-10-8-18(9-11-23)4-7-21(26)24-12-14-27-15-13-24/h2-3,5-6,18H,4,7-16H2,1H3,(H,22,25). The summed E-state index contributed by atoms with van der Waals surface area (Å²) >= 11 is 0. The molecule has 0 radical (unpaired) electrons. The Kier molecular flexibility index (Phi) is 7.24. The second-order valence-electron chi connectivity index (χ2n) is 7.63. The minimum atomic E-state index is -0.0445. The van der Waals surface area contributed by atoms with Crippen LogP contribution in [0.15, 0.2) is 24.3 Å². The molecular weight excluding hydrogens is 342 g/mol. The van der Waals surface area contributed by atoms with Gasteiger partial charge in [0.25, 0.3) is 0 Å². The normalized spacial score (nSPS) is 19.1. The molecule has 1 N–H and O–H groups in total. The van der Waals surface area contributed by atoms with E-state index in [9.17, 15) is 9.59 Å². The molecule has 2 aliphatic rings. The molecule has 2 heterocycles. The Bertz CT molecular complexity index is 618. The van der Waals surface area contributed by atoms with E-state index in [4.69, 9.17) is 4.74 Å². The SMILES string of the molecule is CC(=O)Nc1ccc(CN2CCC(CCC(=O)N3CCOCC3)CC2)cc1. The molecule has 0 aliphatic carbocycles. The van der Waals surface area contributed by atoms with E-state index in [1.54, 1.807) is 0 Å². The fraction of sp³-hybridized carbons (Fsp3) is 0.619. The summed E-state index contributed by atoms with van der Waals surface area (Å²) in [7, 11) is 0. The first kappa shape index (κ1) is 19.8. The van der Waals surface area contributed by atoms with Crippen LogP contribution in [0.2, 0.25) is 0 Å². The molecule has 1 aromatic rings. The highest BCUT2D eigenvalue weighted by atomic mass is 16.5. The van der Waals surface area contributed by atoms with E-state index in [2.05, 4.69) is 22.3 Å². The third-order valence-corrected chi connectivity index (χ3v) is 5.52. The number of nitrogens with one attached hydrogen (secondary N) is 1. The molecule has 27 heavy (non-hydrogen) atoms. The van der Waals surface area contributed by atoms with E-state index in [0.717, 1.165) is 44.8 Å². The molecule has 0 saturated carbocycles. The van der Waals surface area contributed by atoms with Crippen molar-refractivity contribution in [1.82, 2.24) is 9.80 Å². The molecule has 0 atom stereocenters. The number of ether oxygens (including phenoxy) is 1. The van der Waals surface area contributed by atoms with Crippen LogP contribution in [0.3, 0.4) is 0 Å². The fourth-order valence-electron chi connectivity index (χ4n) is 3.89. The number of likely N-dealkylation sites (tertiary alicyclic amines) is 1. The molecule has 0 aromatic heterocycles. The smallest absolute Gasteiger partial charge is 0.222 e. The molecule has 1 aromatic carbocycles. The minimum absolute atomic E-state index is 0.0445. The van der Waals surface area contributed by atoms with Crippen molar-refractivity contribution in [3.8, 4) is 0 Å². The molecule has 0 unspecified atom stereocenters. The minimum Gasteiger partial charge on any atom is -0.378 e. The van der Waals surface area contributed by atoms with Gasteiger partial charge in [0.2, 0.25) is 11.8 Å². The van der Waals surface area contributed by atoms with Gasteiger partial charge in [-0.2, -0.15) is 0 Å². The van der Waals surface area contributed by atoms with Crippen molar-refractivity contribution < 1.29 is 14.3 Å². The number of anilines is 1. The predicted octanol–water partition coefficient (Wildman–Crippen LogP) is 2.50. The zero-order valence-electron chi connectivity index (χ0n) is 16.3. The Morgan fingerprint density at radius 2 is 1.74 bits per heavy atom. The van der Waals surface area contributed by atoms with E-state index in [0.29, 0.717) is 31.5 Å². The van der Waals surface area contributed by atoms with Crippen LogP contribution in [0.25, 0.3) is 0 Å². The lowest BCUT2D eigenvalue weighted by molar-refractivity contribution is -0.135. The van der Waals surface area contributed by atoms with E-state index < -0.39 is 0 Å². The topological polar surface area (TPSA) is 61.9 Å². The number of carbonyl (C=O) groups excluding carboxylic acids is 2. The largest absolute Gasteiger partial charge is 0.378 e. The number of piperidine rings is 1. The van der Waals surface area contributed by atoms with Gasteiger partial charge in [0.15, 0.2) is 0 Å². The molecule has 6 nitrogen and oxygen atoms in total. The molecule has 148 valence electrons. The van der Waals surface area contributed by atoms with Crippen LogP contribution in [-0.4, -0.2) is 61.0 Å². The number of morpholine rings is 1. The van der Waals surface area contributed by atoms with Gasteiger partial charge in [-0.3, -0.25) is 14.5 Å². The highest BCUT2D eigenvalue weighted by molar-refractivity contribution is 5.88. The summed E-state index contributed by atoms with van der Waals surface area (Å²) in [4.78, 5) is 27.8. The van der Waals surface area contributed by atoms with Gasteiger partial charge in [-0.15, -0.1) is 0 Å². The number of benzene rings is 1. The van der Waals surface area contributed by atoms with E-state index >= 15 is 0 Å². The van der Waals surface area contributed by atoms with E-state index in [1.165, 1.54) is 25.3 Å². The van der Waals surface area contributed by atoms with Crippen molar-refractivity contribution in [3.63, 3.8) is 0 Å². The lowest BCUT2D eigenvalue weighted by Crippen LogP contribution is -2.41. The lowest BCUT2D eigenvalue weighted by atomic mass is 9.91. The monoisotopic (exact) mass is 373 g/mol. The molecule has 6 heteroatoms. The van der Waals surface area contributed by atoms with Crippen molar-refractivity contribution >= 4 is 17.5 Å². The maximum absolute atomic E-state index is 12.3. The third-order valence-electron chi connectivity index (χ3n) is 5.52. The summed E-state index contributed by atoms with van der Waals surface area (Å²) < 4.78 is 5.31. The van der Waals surface area contributed by atoms with E-state index in [1.807, 2.05) is 17.0 Å². The Balaban J connectivity index is 1.36. The van der Waals surface area contributed by atoms with Gasteiger partial charge < -0.3 is 15.0 Å². The maximum Gasteiger partial charge on any atom is 0.222 e. The van der Waals surface area contributed by atoms with Crippen molar-refractivity contribution in [3.05, 3.63) is 29.8 Å². The first-order valence-corrected chi connectivity index (χ1v) is 10.0. The summed E-state index contributed by atoms with van der Waals surface area (Å²) in [5, 5.41) is 2.80. The highest BCUT2D eigenvalue weighted by Crippen LogP contribution is 2.24. The van der Waals surface area contributed by atoms with Crippen LogP contribution in [0.5, 0.6) is 0 Å². The Labute approximate surface area is 161 Å². The van der Waals surface area contributed by atoms with Gasteiger partial charge in [-0.1, -0.05) is 12.1 Å². The summed E-state index contributed by atoms with van der Waals surface area (Å²) in [5.41, 5.74) is 2.11. The van der Waals surface area contributed by atoms with Gasteiger partial charge in [-0.25, -0.2) is 0 Å². The number of nitrogens with zero attached hydrogens (tertiary/aromatic N) is 2. The molecule has 3 rings (SSSR count). The molecule has 0 spiro atoms. The van der Waals surface area contributed by atoms with Crippen LogP contribution < -0.4 is 5.32 Å². The Morgan fingerprint density at radius 1 is 1.07 bits per heavy atom. The number of rotatable bonds is 6. The molecular formula is C21H31N3O3. The van der Waals surface area contributed by atoms with Gasteiger partial charge >= 0.3 is 0 Å². The van der Waals surface area contributed by atoms with Crippen molar-refractivity contribution in [1.29, 1.82) is 0 Å². The lowest BCUT2D eigenvalue weighted by Gasteiger charge is -2.32. The first-order valence-electron chi connectivity index (χ1n) is 10.0. The summed E-state index contributed by atoms with van der Waals surface area (Å²) in [6.07, 6.45) is 4.02. The summed E-state index contributed by atoms with van der Waals surface area (Å²) in [5.74, 6) is 0.908. The molecule has 2 fully saturated rings.